The summed E-state index contributed by atoms with van der Waals surface area (Å²) in [4.78, 5) is 18.5. The van der Waals surface area contributed by atoms with Crippen LogP contribution in [0.1, 0.15) is 25.3 Å². The van der Waals surface area contributed by atoms with E-state index in [4.69, 9.17) is 4.74 Å². The number of nitrogens with one attached hydrogen (secondary N) is 1. The molecule has 3 heterocycles. The standard InChI is InChI=1S/C17H23N5O2/c1-2-22-12-15(10-19-22)20-17(23)21(13-16-4-3-9-24-16)11-14-5-7-18-8-6-14/h5-8,10,12,16H,2-4,9,11,13H2,1H3,(H,20,23)/t16-/m1/s1. The number of carbonyl (C=O) groups excluding carboxylic acids is 1. The third kappa shape index (κ3) is 4.32. The molecule has 0 unspecified atom stereocenters. The first-order valence-corrected chi connectivity index (χ1v) is 8.33. The van der Waals surface area contributed by atoms with E-state index in [0.717, 1.165) is 31.6 Å². The largest absolute Gasteiger partial charge is 0.376 e. The Balaban J connectivity index is 1.68. The smallest absolute Gasteiger partial charge is 0.322 e. The number of carbonyl (C=O) groups is 1. The van der Waals surface area contributed by atoms with Gasteiger partial charge in [-0.15, -0.1) is 0 Å². The lowest BCUT2D eigenvalue weighted by molar-refractivity contribution is 0.0819. The summed E-state index contributed by atoms with van der Waals surface area (Å²) in [5.74, 6) is 0. The van der Waals surface area contributed by atoms with Crippen LogP contribution in [0, 0.1) is 0 Å². The number of aromatic nitrogens is 3. The number of anilines is 1. The fourth-order valence-electron chi connectivity index (χ4n) is 2.77. The molecular formula is C17H23N5O2. The summed E-state index contributed by atoms with van der Waals surface area (Å²) in [6, 6.07) is 3.70. The molecule has 7 nitrogen and oxygen atoms in total. The first-order chi connectivity index (χ1) is 11.7. The SMILES string of the molecule is CCn1cc(NC(=O)N(Cc2ccncc2)C[C@H]2CCCO2)cn1. The Bertz CT molecular complexity index is 652. The zero-order chi connectivity index (χ0) is 16.8. The van der Waals surface area contributed by atoms with Crippen LogP contribution in [0.3, 0.4) is 0 Å². The van der Waals surface area contributed by atoms with Crippen molar-refractivity contribution in [3.05, 3.63) is 42.5 Å². The zero-order valence-corrected chi connectivity index (χ0v) is 13.9. The molecule has 3 rings (SSSR count). The maximum Gasteiger partial charge on any atom is 0.322 e. The van der Waals surface area contributed by atoms with Gasteiger partial charge in [0.05, 0.1) is 18.0 Å². The van der Waals surface area contributed by atoms with Gasteiger partial charge in [0.15, 0.2) is 0 Å². The molecule has 128 valence electrons. The summed E-state index contributed by atoms with van der Waals surface area (Å²) in [5, 5.41) is 7.11. The summed E-state index contributed by atoms with van der Waals surface area (Å²) in [7, 11) is 0. The van der Waals surface area contributed by atoms with Gasteiger partial charge in [-0.2, -0.15) is 5.10 Å². The number of amides is 2. The van der Waals surface area contributed by atoms with Crippen LogP contribution in [0.2, 0.25) is 0 Å². The van der Waals surface area contributed by atoms with Crippen LogP contribution in [-0.4, -0.2) is 45.0 Å². The van der Waals surface area contributed by atoms with E-state index in [9.17, 15) is 4.79 Å². The molecule has 0 radical (unpaired) electrons. The number of nitrogens with zero attached hydrogens (tertiary/aromatic N) is 4. The number of rotatable bonds is 6. The van der Waals surface area contributed by atoms with Gasteiger partial charge < -0.3 is 15.0 Å². The van der Waals surface area contributed by atoms with Crippen molar-refractivity contribution in [3.8, 4) is 0 Å². The molecule has 24 heavy (non-hydrogen) atoms. The van der Waals surface area contributed by atoms with E-state index in [2.05, 4.69) is 15.4 Å². The first kappa shape index (κ1) is 16.4. The molecule has 2 aromatic rings. The fourth-order valence-corrected chi connectivity index (χ4v) is 2.77. The third-order valence-corrected chi connectivity index (χ3v) is 4.07. The van der Waals surface area contributed by atoms with Gasteiger partial charge >= 0.3 is 6.03 Å². The Morgan fingerprint density at radius 1 is 1.46 bits per heavy atom. The van der Waals surface area contributed by atoms with Crippen molar-refractivity contribution < 1.29 is 9.53 Å². The molecule has 2 amide bonds. The molecule has 1 atom stereocenters. The van der Waals surface area contributed by atoms with Crippen LogP contribution >= 0.6 is 0 Å². The van der Waals surface area contributed by atoms with Crippen LogP contribution in [0.15, 0.2) is 36.9 Å². The number of ether oxygens (including phenoxy) is 1. The predicted molar refractivity (Wildman–Crippen MR) is 90.5 cm³/mol. The lowest BCUT2D eigenvalue weighted by Gasteiger charge is -2.25. The Morgan fingerprint density at radius 3 is 2.96 bits per heavy atom. The lowest BCUT2D eigenvalue weighted by atomic mass is 10.2. The van der Waals surface area contributed by atoms with Crippen molar-refractivity contribution in [1.29, 1.82) is 0 Å². The second-order valence-corrected chi connectivity index (χ2v) is 5.89. The van der Waals surface area contributed by atoms with Gasteiger partial charge in [0.1, 0.15) is 0 Å². The minimum atomic E-state index is -0.141. The molecule has 1 saturated heterocycles. The summed E-state index contributed by atoms with van der Waals surface area (Å²) >= 11 is 0. The number of hydrogen-bond donors (Lipinski definition) is 1. The minimum absolute atomic E-state index is 0.107. The quantitative estimate of drug-likeness (QED) is 0.884. The topological polar surface area (TPSA) is 72.3 Å². The average Bonchev–Trinajstić information content (AvgIpc) is 3.27. The minimum Gasteiger partial charge on any atom is -0.376 e. The average molecular weight is 329 g/mol. The highest BCUT2D eigenvalue weighted by Gasteiger charge is 2.23. The van der Waals surface area contributed by atoms with E-state index in [1.54, 1.807) is 28.2 Å². The van der Waals surface area contributed by atoms with E-state index in [1.165, 1.54) is 0 Å². The van der Waals surface area contributed by atoms with E-state index < -0.39 is 0 Å². The van der Waals surface area contributed by atoms with Crippen LogP contribution in [0.4, 0.5) is 10.5 Å². The Morgan fingerprint density at radius 2 is 2.29 bits per heavy atom. The van der Waals surface area contributed by atoms with E-state index in [1.807, 2.05) is 25.3 Å². The maximum absolute atomic E-state index is 12.7. The number of hydrogen-bond acceptors (Lipinski definition) is 4. The molecule has 1 aliphatic heterocycles. The predicted octanol–water partition coefficient (Wildman–Crippen LogP) is 2.51. The number of pyridine rings is 1. The van der Waals surface area contributed by atoms with E-state index in [-0.39, 0.29) is 12.1 Å². The Labute approximate surface area is 141 Å². The zero-order valence-electron chi connectivity index (χ0n) is 13.9. The van der Waals surface area contributed by atoms with Gasteiger partial charge in [-0.25, -0.2) is 4.79 Å². The molecule has 2 aromatic heterocycles. The van der Waals surface area contributed by atoms with Gasteiger partial charge in [0, 0.05) is 44.8 Å². The van der Waals surface area contributed by atoms with Crippen LogP contribution < -0.4 is 5.32 Å². The number of aryl methyl sites for hydroxylation is 1. The highest BCUT2D eigenvalue weighted by molar-refractivity contribution is 5.89. The van der Waals surface area contributed by atoms with Crippen LogP contribution in [-0.2, 0) is 17.8 Å². The van der Waals surface area contributed by atoms with Gasteiger partial charge in [-0.1, -0.05) is 0 Å². The van der Waals surface area contributed by atoms with Crippen molar-refractivity contribution >= 4 is 11.7 Å². The summed E-state index contributed by atoms with van der Waals surface area (Å²) < 4.78 is 7.47. The van der Waals surface area contributed by atoms with Crippen molar-refractivity contribution in [3.63, 3.8) is 0 Å². The van der Waals surface area contributed by atoms with Crippen molar-refractivity contribution in [1.82, 2.24) is 19.7 Å². The molecule has 1 N–H and O–H groups in total. The molecule has 0 aliphatic carbocycles. The normalized spacial score (nSPS) is 17.0. The highest BCUT2D eigenvalue weighted by atomic mass is 16.5. The van der Waals surface area contributed by atoms with Gasteiger partial charge in [-0.05, 0) is 37.5 Å². The molecule has 1 aliphatic rings. The molecule has 1 fully saturated rings. The molecule has 7 heteroatoms. The fraction of sp³-hybridized carbons (Fsp3) is 0.471. The van der Waals surface area contributed by atoms with Gasteiger partial charge in [0.25, 0.3) is 0 Å². The van der Waals surface area contributed by atoms with Gasteiger partial charge in [-0.3, -0.25) is 9.67 Å². The highest BCUT2D eigenvalue weighted by Crippen LogP contribution is 2.16. The van der Waals surface area contributed by atoms with Crippen LogP contribution in [0.5, 0.6) is 0 Å². The van der Waals surface area contributed by atoms with Crippen LogP contribution in [0.25, 0.3) is 0 Å². The van der Waals surface area contributed by atoms with Gasteiger partial charge in [0.2, 0.25) is 0 Å². The molecule has 0 bridgehead atoms. The first-order valence-electron chi connectivity index (χ1n) is 8.33. The molecular weight excluding hydrogens is 306 g/mol. The summed E-state index contributed by atoms with van der Waals surface area (Å²) in [6.07, 6.45) is 9.13. The molecule has 0 aromatic carbocycles. The van der Waals surface area contributed by atoms with Crippen molar-refractivity contribution in [2.75, 3.05) is 18.5 Å². The molecule has 0 spiro atoms. The third-order valence-electron chi connectivity index (χ3n) is 4.07. The van der Waals surface area contributed by atoms with E-state index >= 15 is 0 Å². The van der Waals surface area contributed by atoms with Crippen molar-refractivity contribution in [2.45, 2.75) is 39.0 Å². The monoisotopic (exact) mass is 329 g/mol. The molecule has 0 saturated carbocycles. The number of urea groups is 1. The second kappa shape index (κ2) is 7.92. The Kier molecular flexibility index (Phi) is 5.43. The summed E-state index contributed by atoms with van der Waals surface area (Å²) in [5.41, 5.74) is 1.75. The lowest BCUT2D eigenvalue weighted by Crippen LogP contribution is -2.39. The maximum atomic E-state index is 12.7. The second-order valence-electron chi connectivity index (χ2n) is 5.89. The van der Waals surface area contributed by atoms with E-state index in [0.29, 0.717) is 18.8 Å². The van der Waals surface area contributed by atoms with Crippen molar-refractivity contribution in [2.24, 2.45) is 0 Å². The summed E-state index contributed by atoms with van der Waals surface area (Å²) in [6.45, 7) is 4.66. The Hall–Kier alpha value is -2.41.